The van der Waals surface area contributed by atoms with Crippen LogP contribution in [0.2, 0.25) is 0 Å². The maximum Gasteiger partial charge on any atom is 0.573 e. The fraction of sp³-hybridized carbons (Fsp3) is 0.396. The summed E-state index contributed by atoms with van der Waals surface area (Å²) in [5, 5.41) is 6.57. The van der Waals surface area contributed by atoms with E-state index in [1.165, 1.54) is 60.7 Å². The van der Waals surface area contributed by atoms with E-state index >= 15 is 0 Å². The molecular weight excluding hydrogens is 927 g/mol. The van der Waals surface area contributed by atoms with Gasteiger partial charge in [0, 0.05) is 35.6 Å². The molecule has 2 aromatic heterocycles. The van der Waals surface area contributed by atoms with Gasteiger partial charge in [0.25, 0.3) is 0 Å². The van der Waals surface area contributed by atoms with Crippen LogP contribution >= 0.6 is 0 Å². The molecule has 2 amide bonds. The molecule has 4 atom stereocenters. The molecule has 2 saturated carbocycles. The molecule has 2 heterocycles. The fourth-order valence-corrected chi connectivity index (χ4v) is 10.4. The number of benzene rings is 4. The number of aromatic nitrogens is 4. The van der Waals surface area contributed by atoms with Crippen LogP contribution in [0, 0.1) is 22.7 Å². The van der Waals surface area contributed by atoms with Crippen molar-refractivity contribution in [1.29, 1.82) is 0 Å². The van der Waals surface area contributed by atoms with E-state index < -0.39 is 24.5 Å². The lowest BCUT2D eigenvalue weighted by molar-refractivity contribution is -0.275. The molecule has 12 nitrogen and oxygen atoms in total. The van der Waals surface area contributed by atoms with Crippen LogP contribution in [0.3, 0.4) is 0 Å². The molecule has 2 aliphatic rings. The van der Waals surface area contributed by atoms with Crippen LogP contribution in [-0.2, 0) is 9.59 Å². The van der Waals surface area contributed by atoms with Crippen molar-refractivity contribution in [2.24, 2.45) is 34.1 Å². The monoisotopic (exact) mass is 988 g/mol. The number of ether oxygens (including phenoxy) is 2. The van der Waals surface area contributed by atoms with Crippen molar-refractivity contribution in [2.45, 2.75) is 112 Å². The second kappa shape index (κ2) is 21.2. The van der Waals surface area contributed by atoms with Crippen LogP contribution in [0.1, 0.15) is 111 Å². The number of fused-ring (bicyclic) bond motifs is 2. The van der Waals surface area contributed by atoms with Gasteiger partial charge in [0.05, 0.1) is 22.1 Å². The summed E-state index contributed by atoms with van der Waals surface area (Å²) >= 11 is 0. The first-order valence-electron chi connectivity index (χ1n) is 23.0. The van der Waals surface area contributed by atoms with Crippen molar-refractivity contribution in [2.75, 3.05) is 10.6 Å². The van der Waals surface area contributed by atoms with Gasteiger partial charge in [-0.25, -0.2) is 9.97 Å². The molecule has 0 aliphatic heterocycles. The molecule has 8 rings (SSSR count). The number of amides is 2. The maximum absolute atomic E-state index is 12.5. The molecule has 2 fully saturated rings. The summed E-state index contributed by atoms with van der Waals surface area (Å²) in [6.07, 6.45) is 2.60. The molecule has 6 N–H and O–H groups in total. The van der Waals surface area contributed by atoms with Gasteiger partial charge in [-0.3, -0.25) is 9.59 Å². The number of anilines is 4. The van der Waals surface area contributed by atoms with Gasteiger partial charge in [-0.1, -0.05) is 61.1 Å². The Morgan fingerprint density at radius 3 is 1.27 bits per heavy atom. The van der Waals surface area contributed by atoms with E-state index in [0.717, 1.165) is 71.7 Å². The normalized spacial score (nSPS) is 20.0. The molecule has 380 valence electrons. The van der Waals surface area contributed by atoms with Crippen molar-refractivity contribution in [3.8, 4) is 11.5 Å². The van der Waals surface area contributed by atoms with Crippen LogP contribution in [-0.4, -0.2) is 43.6 Å². The predicted octanol–water partition coefficient (Wildman–Crippen LogP) is 13.8. The molecule has 2 aliphatic carbocycles. The highest BCUT2D eigenvalue weighted by molar-refractivity contribution is 5.92. The minimum Gasteiger partial charge on any atom is -0.406 e. The summed E-state index contributed by atoms with van der Waals surface area (Å²) in [5.74, 6) is 0.640. The van der Waals surface area contributed by atoms with Gasteiger partial charge < -0.3 is 40.7 Å². The molecule has 0 unspecified atom stereocenters. The summed E-state index contributed by atoms with van der Waals surface area (Å²) in [5.41, 5.74) is 16.9. The molecule has 18 heteroatoms. The number of hydrogen-bond acceptors (Lipinski definition) is 8. The highest BCUT2D eigenvalue weighted by Gasteiger charge is 2.37. The van der Waals surface area contributed by atoms with E-state index in [-0.39, 0.29) is 41.8 Å². The third kappa shape index (κ3) is 14.5. The van der Waals surface area contributed by atoms with Crippen LogP contribution in [0.15, 0.2) is 97.1 Å². The Morgan fingerprint density at radius 2 is 0.958 bits per heavy atom. The van der Waals surface area contributed by atoms with Gasteiger partial charge in [-0.05, 0) is 157 Å². The fourth-order valence-electron chi connectivity index (χ4n) is 10.4. The van der Waals surface area contributed by atoms with Crippen LogP contribution in [0.25, 0.3) is 34.2 Å². The van der Waals surface area contributed by atoms with Crippen LogP contribution in [0.5, 0.6) is 11.5 Å². The summed E-state index contributed by atoms with van der Waals surface area (Å²) in [4.78, 5) is 31.9. The second-order valence-corrected chi connectivity index (χ2v) is 20.1. The minimum absolute atomic E-state index is 0. The van der Waals surface area contributed by atoms with E-state index in [1.807, 2.05) is 36.4 Å². The number of nitrogens with one attached hydrogen (secondary N) is 2. The van der Waals surface area contributed by atoms with Crippen molar-refractivity contribution < 1.29 is 45.4 Å². The zero-order chi connectivity index (χ0) is 50.8. The molecule has 6 aromatic rings. The minimum atomic E-state index is -4.74. The summed E-state index contributed by atoms with van der Waals surface area (Å²) < 4.78 is 87.4. The number of imidazole rings is 2. The predicted molar refractivity (Wildman–Crippen MR) is 267 cm³/mol. The summed E-state index contributed by atoms with van der Waals surface area (Å²) in [6, 6.07) is 23.1. The molecule has 0 radical (unpaired) electrons. The molecule has 4 aromatic carbocycles. The van der Waals surface area contributed by atoms with Gasteiger partial charge in [0.2, 0.25) is 23.7 Å². The molecular formula is C53H62F6N8O4. The summed E-state index contributed by atoms with van der Waals surface area (Å²) in [6.45, 7) is 13.6. The zero-order valence-electron chi connectivity index (χ0n) is 39.8. The first-order chi connectivity index (χ1) is 32.8. The number of primary amides is 2. The lowest BCUT2D eigenvalue weighted by Crippen LogP contribution is -2.29. The van der Waals surface area contributed by atoms with Crippen LogP contribution < -0.4 is 31.6 Å². The first kappa shape index (κ1) is 53.4. The number of rotatable bonds is 12. The highest BCUT2D eigenvalue weighted by Crippen LogP contribution is 2.48. The molecule has 0 spiro atoms. The lowest BCUT2D eigenvalue weighted by Gasteiger charge is -2.40. The van der Waals surface area contributed by atoms with E-state index in [1.54, 1.807) is 12.2 Å². The Kier molecular flexibility index (Phi) is 15.9. The SMILES string of the molecule is C.C[C@@H]1C[C@H](n2c(Nc3ccc(OC(F)(F)F)cc3)nc3cc(/C=C/C(N)=O)ccc32)CC(C)(C)C1.C[C@H]1C[C@@H](n2c(Nc3ccc(OC(F)(F)F)cc3)nc3cc(/C=C/C(N)=O)ccc32)CC(C)(C)C1. The van der Waals surface area contributed by atoms with E-state index in [9.17, 15) is 35.9 Å². The molecule has 71 heavy (non-hydrogen) atoms. The third-order valence-corrected chi connectivity index (χ3v) is 12.5. The highest BCUT2D eigenvalue weighted by atomic mass is 19.4. The first-order valence-corrected chi connectivity index (χ1v) is 23.0. The number of halogens is 6. The Labute approximate surface area is 409 Å². The lowest BCUT2D eigenvalue weighted by atomic mass is 9.70. The number of carbonyl (C=O) groups is 2. The number of hydrogen-bond donors (Lipinski definition) is 4. The Balaban J connectivity index is 0.000000229. The van der Waals surface area contributed by atoms with Gasteiger partial charge in [-0.15, -0.1) is 26.3 Å². The van der Waals surface area contributed by atoms with Crippen molar-refractivity contribution in [1.82, 2.24) is 19.1 Å². The average Bonchev–Trinajstić information content (AvgIpc) is 3.78. The Hall–Kier alpha value is -6.98. The quantitative estimate of drug-likeness (QED) is 0.0695. The van der Waals surface area contributed by atoms with E-state index in [2.05, 4.69) is 70.8 Å². The second-order valence-electron chi connectivity index (χ2n) is 20.1. The third-order valence-electron chi connectivity index (χ3n) is 12.5. The smallest absolute Gasteiger partial charge is 0.406 e. The number of alkyl halides is 6. The van der Waals surface area contributed by atoms with Crippen molar-refractivity contribution in [3.63, 3.8) is 0 Å². The standard InChI is InChI=1S/2C26H29F3N4O2.CH4/c2*1-16-12-19(15-25(2,3)14-16)33-22-10-4-17(5-11-23(30)34)13-21(22)32-24(33)31-18-6-8-20(9-7-18)35-26(27,28)29;/h2*4-11,13,16,19H,12,14-15H2,1-3H3,(H2,30,34)(H,31,32);1H4/b2*11-5+;/t2*16-,19+;/m10./s1. The van der Waals surface area contributed by atoms with Crippen molar-refractivity contribution >= 4 is 69.3 Å². The number of carbonyl (C=O) groups excluding carboxylic acids is 2. The van der Waals surface area contributed by atoms with Crippen molar-refractivity contribution in [3.05, 3.63) is 108 Å². The van der Waals surface area contributed by atoms with Gasteiger partial charge in [-0.2, -0.15) is 0 Å². The average molecular weight is 989 g/mol. The molecule has 0 bridgehead atoms. The molecule has 0 saturated heterocycles. The summed E-state index contributed by atoms with van der Waals surface area (Å²) in [7, 11) is 0. The Bertz CT molecular complexity index is 2690. The number of nitrogens with zero attached hydrogens (tertiary/aromatic N) is 4. The topological polar surface area (TPSA) is 164 Å². The van der Waals surface area contributed by atoms with Gasteiger partial charge >= 0.3 is 12.7 Å². The van der Waals surface area contributed by atoms with E-state index in [4.69, 9.17) is 21.4 Å². The largest absolute Gasteiger partial charge is 0.573 e. The maximum atomic E-state index is 12.5. The number of nitrogens with two attached hydrogens (primary N) is 2. The van der Waals surface area contributed by atoms with Gasteiger partial charge in [0.1, 0.15) is 11.5 Å². The van der Waals surface area contributed by atoms with Crippen LogP contribution in [0.4, 0.5) is 49.6 Å². The van der Waals surface area contributed by atoms with Gasteiger partial charge in [0.15, 0.2) is 0 Å². The van der Waals surface area contributed by atoms with E-state index in [0.29, 0.717) is 35.1 Å². The Morgan fingerprint density at radius 1 is 0.606 bits per heavy atom. The zero-order valence-corrected chi connectivity index (χ0v) is 39.8.